The maximum Gasteiger partial charge on any atom is 0.245 e. The topological polar surface area (TPSA) is 66.9 Å². The first-order chi connectivity index (χ1) is 16.5. The Morgan fingerprint density at radius 2 is 1.65 bits per heavy atom. The molecule has 3 atom stereocenters. The number of carbonyl (C=O) groups excluding carboxylic acids is 3. The Balaban J connectivity index is 1.34. The molecule has 1 saturated carbocycles. The minimum absolute atomic E-state index is 0.0250. The fraction of sp³-hybridized carbons (Fsp3) is 0.667. The van der Waals surface area contributed by atoms with Gasteiger partial charge >= 0.3 is 0 Å². The van der Waals surface area contributed by atoms with Gasteiger partial charge in [0.1, 0.15) is 11.8 Å². The van der Waals surface area contributed by atoms with Gasteiger partial charge in [-0.05, 0) is 80.6 Å². The number of benzene rings is 1. The minimum atomic E-state index is -0.631. The number of hydrogen-bond donors (Lipinski definition) is 0. The van der Waals surface area contributed by atoms with Crippen molar-refractivity contribution in [2.75, 3.05) is 32.2 Å². The van der Waals surface area contributed by atoms with Gasteiger partial charge in [0.15, 0.2) is 0 Å². The Morgan fingerprint density at radius 3 is 2.21 bits per heavy atom. The van der Waals surface area contributed by atoms with Crippen molar-refractivity contribution in [1.82, 2.24) is 9.80 Å². The van der Waals surface area contributed by atoms with Crippen molar-refractivity contribution in [2.24, 2.45) is 17.8 Å². The Labute approximate surface area is 207 Å². The molecule has 0 radical (unpaired) electrons. The summed E-state index contributed by atoms with van der Waals surface area (Å²) < 4.78 is 5.23. The van der Waals surface area contributed by atoms with Crippen LogP contribution in [0.5, 0.6) is 5.75 Å². The number of carbonyl (C=O) groups is 3. The Bertz CT molecular complexity index is 842. The Kier molecular flexibility index (Phi) is 8.56. The van der Waals surface area contributed by atoms with Crippen molar-refractivity contribution < 1.29 is 19.1 Å². The van der Waals surface area contributed by atoms with Gasteiger partial charge in [0.25, 0.3) is 0 Å². The molecule has 3 amide bonds. The van der Waals surface area contributed by atoms with E-state index in [1.165, 1.54) is 10.5 Å². The summed E-state index contributed by atoms with van der Waals surface area (Å²) in [7, 11) is 1.68. The molecular weight excluding hydrogens is 448 g/mol. The molecule has 34 heavy (non-hydrogen) atoms. The van der Waals surface area contributed by atoms with Gasteiger partial charge < -0.3 is 9.64 Å². The molecule has 2 aliphatic heterocycles. The average Bonchev–Trinajstić information content (AvgIpc) is 3.13. The van der Waals surface area contributed by atoms with Crippen molar-refractivity contribution in [3.63, 3.8) is 0 Å². The third kappa shape index (κ3) is 5.45. The number of amides is 3. The van der Waals surface area contributed by atoms with Crippen molar-refractivity contribution in [3.05, 3.63) is 29.8 Å². The second-order valence-corrected chi connectivity index (χ2v) is 11.0. The summed E-state index contributed by atoms with van der Waals surface area (Å²) >= 11 is 1.66. The third-order valence-electron chi connectivity index (χ3n) is 7.99. The van der Waals surface area contributed by atoms with Gasteiger partial charge in [-0.2, -0.15) is 11.8 Å². The number of methoxy groups -OCH3 is 1. The van der Waals surface area contributed by atoms with Crippen LogP contribution in [0.1, 0.15) is 56.9 Å². The van der Waals surface area contributed by atoms with Crippen molar-refractivity contribution in [1.29, 1.82) is 0 Å². The molecule has 6 nitrogen and oxygen atoms in total. The van der Waals surface area contributed by atoms with Crippen LogP contribution in [0.15, 0.2) is 24.3 Å². The number of nitrogens with zero attached hydrogens (tertiary/aromatic N) is 2. The van der Waals surface area contributed by atoms with Crippen LogP contribution >= 0.6 is 11.8 Å². The van der Waals surface area contributed by atoms with Crippen LogP contribution in [0.2, 0.25) is 0 Å². The highest BCUT2D eigenvalue weighted by atomic mass is 32.2. The highest BCUT2D eigenvalue weighted by Crippen LogP contribution is 2.39. The predicted molar refractivity (Wildman–Crippen MR) is 135 cm³/mol. The van der Waals surface area contributed by atoms with Crippen molar-refractivity contribution >= 4 is 29.5 Å². The van der Waals surface area contributed by atoms with E-state index < -0.39 is 6.04 Å². The van der Waals surface area contributed by atoms with Crippen molar-refractivity contribution in [3.8, 4) is 5.75 Å². The third-order valence-corrected chi connectivity index (χ3v) is 8.64. The van der Waals surface area contributed by atoms with E-state index in [1.807, 2.05) is 23.3 Å². The SMILES string of the molecule is COc1ccc(CCC2CCN(C(=O)C(CCSC)N3C(=O)C4CCCCC4C3=O)CC2)cc1. The molecule has 4 rings (SSSR count). The molecular formula is C27H38N2O4S. The quantitative estimate of drug-likeness (QED) is 0.490. The van der Waals surface area contributed by atoms with E-state index in [0.717, 1.165) is 62.9 Å². The molecule has 0 N–H and O–H groups in total. The summed E-state index contributed by atoms with van der Waals surface area (Å²) in [6.45, 7) is 1.43. The number of ether oxygens (including phenoxy) is 1. The van der Waals surface area contributed by atoms with Gasteiger partial charge in [0.05, 0.1) is 18.9 Å². The van der Waals surface area contributed by atoms with Crippen LogP contribution in [0, 0.1) is 17.8 Å². The van der Waals surface area contributed by atoms with Gasteiger partial charge in [-0.3, -0.25) is 19.3 Å². The number of thioether (sulfide) groups is 1. The summed E-state index contributed by atoms with van der Waals surface area (Å²) in [4.78, 5) is 43.2. The molecule has 186 valence electrons. The zero-order valence-electron chi connectivity index (χ0n) is 20.5. The van der Waals surface area contributed by atoms with E-state index in [1.54, 1.807) is 18.9 Å². The van der Waals surface area contributed by atoms with E-state index in [4.69, 9.17) is 4.74 Å². The number of piperidine rings is 1. The van der Waals surface area contributed by atoms with E-state index >= 15 is 0 Å². The van der Waals surface area contributed by atoms with E-state index in [-0.39, 0.29) is 29.6 Å². The molecule has 3 aliphatic rings. The van der Waals surface area contributed by atoms with Crippen molar-refractivity contribution in [2.45, 2.75) is 63.8 Å². The summed E-state index contributed by atoms with van der Waals surface area (Å²) in [5.41, 5.74) is 1.31. The average molecular weight is 487 g/mol. The number of fused-ring (bicyclic) bond motifs is 1. The van der Waals surface area contributed by atoms with E-state index in [9.17, 15) is 14.4 Å². The van der Waals surface area contributed by atoms with E-state index in [0.29, 0.717) is 25.4 Å². The first-order valence-electron chi connectivity index (χ1n) is 12.8. The summed E-state index contributed by atoms with van der Waals surface area (Å²) in [6, 6.07) is 7.62. The lowest BCUT2D eigenvalue weighted by Crippen LogP contribution is -2.53. The lowest BCUT2D eigenvalue weighted by Gasteiger charge is -2.36. The van der Waals surface area contributed by atoms with Crippen LogP contribution in [-0.2, 0) is 20.8 Å². The van der Waals surface area contributed by atoms with Crippen LogP contribution in [0.25, 0.3) is 0 Å². The lowest BCUT2D eigenvalue weighted by atomic mass is 9.81. The maximum atomic E-state index is 13.6. The molecule has 3 fully saturated rings. The van der Waals surface area contributed by atoms with E-state index in [2.05, 4.69) is 12.1 Å². The molecule has 0 spiro atoms. The fourth-order valence-corrected chi connectivity index (χ4v) is 6.36. The first kappa shape index (κ1) is 25.1. The van der Waals surface area contributed by atoms with Crippen LogP contribution in [0.3, 0.4) is 0 Å². The molecule has 1 aromatic rings. The molecule has 0 bridgehead atoms. The van der Waals surface area contributed by atoms with Crippen LogP contribution < -0.4 is 4.74 Å². The number of aryl methyl sites for hydroxylation is 1. The number of rotatable bonds is 9. The fourth-order valence-electron chi connectivity index (χ4n) is 5.90. The van der Waals surface area contributed by atoms with Gasteiger partial charge in [-0.15, -0.1) is 0 Å². The summed E-state index contributed by atoms with van der Waals surface area (Å²) in [5, 5.41) is 0. The molecule has 2 saturated heterocycles. The molecule has 1 aliphatic carbocycles. The molecule has 3 unspecified atom stereocenters. The zero-order chi connectivity index (χ0) is 24.1. The number of hydrogen-bond acceptors (Lipinski definition) is 5. The smallest absolute Gasteiger partial charge is 0.245 e. The minimum Gasteiger partial charge on any atom is -0.497 e. The molecule has 1 aromatic carbocycles. The predicted octanol–water partition coefficient (Wildman–Crippen LogP) is 4.16. The van der Waals surface area contributed by atoms with Gasteiger partial charge in [0.2, 0.25) is 17.7 Å². The second kappa shape index (κ2) is 11.6. The highest BCUT2D eigenvalue weighted by molar-refractivity contribution is 7.98. The molecule has 2 heterocycles. The van der Waals surface area contributed by atoms with Gasteiger partial charge in [-0.25, -0.2) is 0 Å². The van der Waals surface area contributed by atoms with Gasteiger partial charge in [-0.1, -0.05) is 25.0 Å². The van der Waals surface area contributed by atoms with Gasteiger partial charge in [0, 0.05) is 13.1 Å². The maximum absolute atomic E-state index is 13.6. The summed E-state index contributed by atoms with van der Waals surface area (Å²) in [5.74, 6) is 1.62. The molecule has 7 heteroatoms. The standard InChI is InChI=1S/C27H38N2O4S/c1-33-21-11-9-19(10-12-21)7-8-20-13-16-28(17-14-20)27(32)24(15-18-34-2)29-25(30)22-5-3-4-6-23(22)26(29)31/h9-12,20,22-24H,3-8,13-18H2,1-2H3. The van der Waals surface area contributed by atoms with Crippen LogP contribution in [-0.4, -0.2) is 65.8 Å². The largest absolute Gasteiger partial charge is 0.497 e. The summed E-state index contributed by atoms with van der Waals surface area (Å²) in [6.07, 6.45) is 10.2. The lowest BCUT2D eigenvalue weighted by molar-refractivity contribution is -0.152. The normalized spacial score (nSPS) is 24.3. The molecule has 0 aromatic heterocycles. The number of likely N-dealkylation sites (tertiary alicyclic amines) is 2. The Hall–Kier alpha value is -2.02. The highest BCUT2D eigenvalue weighted by Gasteiger charge is 2.52. The van der Waals surface area contributed by atoms with Crippen LogP contribution in [0.4, 0.5) is 0 Å². The second-order valence-electron chi connectivity index (χ2n) is 10.00. The Morgan fingerprint density at radius 1 is 1.03 bits per heavy atom. The number of imide groups is 1. The monoisotopic (exact) mass is 486 g/mol. The first-order valence-corrected chi connectivity index (χ1v) is 14.2. The zero-order valence-corrected chi connectivity index (χ0v) is 21.4.